The van der Waals surface area contributed by atoms with Crippen molar-refractivity contribution >= 4 is 11.7 Å². The molecule has 1 N–H and O–H groups in total. The molecule has 0 bridgehead atoms. The van der Waals surface area contributed by atoms with Crippen LogP contribution in [0.1, 0.15) is 60.3 Å². The van der Waals surface area contributed by atoms with Crippen molar-refractivity contribution in [1.82, 2.24) is 9.88 Å². The van der Waals surface area contributed by atoms with Crippen LogP contribution < -0.4 is 9.64 Å². The molecule has 2 aromatic carbocycles. The van der Waals surface area contributed by atoms with E-state index in [4.69, 9.17) is 9.72 Å². The quantitative estimate of drug-likeness (QED) is 0.375. The van der Waals surface area contributed by atoms with Crippen LogP contribution >= 0.6 is 0 Å². The third kappa shape index (κ3) is 5.85. The Hall–Kier alpha value is -3.45. The summed E-state index contributed by atoms with van der Waals surface area (Å²) >= 11 is 0. The highest BCUT2D eigenvalue weighted by Gasteiger charge is 2.30. The van der Waals surface area contributed by atoms with Crippen LogP contribution in [0.2, 0.25) is 0 Å². The number of rotatable bonds is 7. The van der Waals surface area contributed by atoms with Crippen LogP contribution in [0.15, 0.2) is 36.4 Å². The van der Waals surface area contributed by atoms with Gasteiger partial charge < -0.3 is 14.7 Å². The average Bonchev–Trinajstić information content (AvgIpc) is 2.90. The van der Waals surface area contributed by atoms with E-state index in [0.29, 0.717) is 6.54 Å². The molecule has 2 aliphatic heterocycles. The number of ether oxygens (including phenoxy) is 1. The van der Waals surface area contributed by atoms with Gasteiger partial charge in [0.25, 0.3) is 0 Å². The van der Waals surface area contributed by atoms with Gasteiger partial charge in [0, 0.05) is 55.2 Å². The van der Waals surface area contributed by atoms with Crippen LogP contribution in [0.3, 0.4) is 0 Å². The smallest absolute Gasteiger partial charge is 0.307 e. The van der Waals surface area contributed by atoms with E-state index in [1.54, 1.807) is 12.1 Å². The highest BCUT2D eigenvalue weighted by molar-refractivity contribution is 5.86. The Morgan fingerprint density at radius 2 is 1.80 bits per heavy atom. The first-order valence-corrected chi connectivity index (χ1v) is 14.2. The lowest BCUT2D eigenvalue weighted by atomic mass is 9.82. The van der Waals surface area contributed by atoms with Gasteiger partial charge in [-0.15, -0.1) is 0 Å². The Balaban J connectivity index is 1.46. The number of fused-ring (bicyclic) bond motifs is 1. The standard InChI is InChI=1S/C33H40FN3O3/c1-21-27(18-30(38)39)32(37-14-11-33(3,4)12-15-37)31(22(2)35-21)25-7-8-26-20-36(13-10-24(26)17-25)19-23-6-9-29(40-5)28(34)16-23/h6-9,16-17H,10-15,18-20H2,1-5H3,(H,38,39). The third-order valence-corrected chi connectivity index (χ3v) is 8.63. The molecule has 212 valence electrons. The molecule has 0 atom stereocenters. The zero-order valence-electron chi connectivity index (χ0n) is 24.3. The van der Waals surface area contributed by atoms with Crippen molar-refractivity contribution in [3.8, 4) is 16.9 Å². The number of halogens is 1. The zero-order valence-corrected chi connectivity index (χ0v) is 24.3. The van der Waals surface area contributed by atoms with Crippen molar-refractivity contribution in [3.05, 3.63) is 75.9 Å². The molecule has 5 rings (SSSR count). The van der Waals surface area contributed by atoms with Gasteiger partial charge in [0.2, 0.25) is 0 Å². The lowest BCUT2D eigenvalue weighted by Crippen LogP contribution is -2.38. The lowest BCUT2D eigenvalue weighted by molar-refractivity contribution is -0.136. The van der Waals surface area contributed by atoms with E-state index in [1.807, 2.05) is 19.9 Å². The van der Waals surface area contributed by atoms with Crippen molar-refractivity contribution in [2.24, 2.45) is 5.41 Å². The molecular formula is C33H40FN3O3. The number of hydrogen-bond donors (Lipinski definition) is 1. The lowest BCUT2D eigenvalue weighted by Gasteiger charge is -2.40. The molecule has 0 amide bonds. The summed E-state index contributed by atoms with van der Waals surface area (Å²) in [5.41, 5.74) is 9.55. The molecule has 0 aliphatic carbocycles. The topological polar surface area (TPSA) is 65.9 Å². The van der Waals surface area contributed by atoms with Crippen LogP contribution in [0.25, 0.3) is 11.1 Å². The number of hydrogen-bond acceptors (Lipinski definition) is 5. The summed E-state index contributed by atoms with van der Waals surface area (Å²) in [7, 11) is 1.48. The molecule has 1 aromatic heterocycles. The Morgan fingerprint density at radius 3 is 2.48 bits per heavy atom. The number of aromatic nitrogens is 1. The molecule has 3 heterocycles. The van der Waals surface area contributed by atoms with Crippen LogP contribution in [0, 0.1) is 25.1 Å². The minimum atomic E-state index is -0.833. The minimum Gasteiger partial charge on any atom is -0.494 e. The van der Waals surface area contributed by atoms with Gasteiger partial charge in [-0.25, -0.2) is 4.39 Å². The number of benzene rings is 2. The van der Waals surface area contributed by atoms with E-state index >= 15 is 0 Å². The summed E-state index contributed by atoms with van der Waals surface area (Å²) in [5.74, 6) is -0.902. The van der Waals surface area contributed by atoms with Gasteiger partial charge in [-0.2, -0.15) is 0 Å². The first-order valence-electron chi connectivity index (χ1n) is 14.2. The zero-order chi connectivity index (χ0) is 28.6. The fourth-order valence-electron chi connectivity index (χ4n) is 6.23. The Kier molecular flexibility index (Phi) is 7.87. The molecular weight excluding hydrogens is 505 g/mol. The number of aryl methyl sites for hydroxylation is 2. The van der Waals surface area contributed by atoms with E-state index < -0.39 is 5.97 Å². The number of piperidine rings is 1. The van der Waals surface area contributed by atoms with Crippen molar-refractivity contribution in [3.63, 3.8) is 0 Å². The van der Waals surface area contributed by atoms with Crippen LogP contribution in [-0.2, 0) is 30.7 Å². The van der Waals surface area contributed by atoms with Gasteiger partial charge in [0.1, 0.15) is 0 Å². The summed E-state index contributed by atoms with van der Waals surface area (Å²) in [6, 6.07) is 11.8. The van der Waals surface area contributed by atoms with Gasteiger partial charge >= 0.3 is 5.97 Å². The van der Waals surface area contributed by atoms with E-state index in [1.165, 1.54) is 18.2 Å². The molecule has 1 fully saturated rings. The molecule has 7 heteroatoms. The van der Waals surface area contributed by atoms with Crippen LogP contribution in [0.5, 0.6) is 5.75 Å². The minimum absolute atomic E-state index is 0.0345. The Bertz CT molecular complexity index is 1420. The number of nitrogens with zero attached hydrogens (tertiary/aromatic N) is 3. The van der Waals surface area contributed by atoms with Crippen molar-refractivity contribution in [2.75, 3.05) is 31.6 Å². The summed E-state index contributed by atoms with van der Waals surface area (Å²) < 4.78 is 19.3. The molecule has 0 radical (unpaired) electrons. The Morgan fingerprint density at radius 1 is 1.05 bits per heavy atom. The fourth-order valence-corrected chi connectivity index (χ4v) is 6.23. The Labute approximate surface area is 236 Å². The van der Waals surface area contributed by atoms with E-state index in [0.717, 1.165) is 84.8 Å². The molecule has 3 aromatic rings. The molecule has 0 saturated carbocycles. The second kappa shape index (κ2) is 11.2. The summed E-state index contributed by atoms with van der Waals surface area (Å²) in [6.07, 6.45) is 3.00. The monoisotopic (exact) mass is 545 g/mol. The van der Waals surface area contributed by atoms with Gasteiger partial charge in [0.15, 0.2) is 11.6 Å². The highest BCUT2D eigenvalue weighted by Crippen LogP contribution is 2.42. The molecule has 2 aliphatic rings. The average molecular weight is 546 g/mol. The molecule has 40 heavy (non-hydrogen) atoms. The van der Waals surface area contributed by atoms with Gasteiger partial charge in [-0.3, -0.25) is 14.7 Å². The number of carboxylic acids is 1. The van der Waals surface area contributed by atoms with Gasteiger partial charge in [-0.1, -0.05) is 38.1 Å². The largest absolute Gasteiger partial charge is 0.494 e. The van der Waals surface area contributed by atoms with Crippen LogP contribution in [0.4, 0.5) is 10.1 Å². The highest BCUT2D eigenvalue weighted by atomic mass is 19.1. The number of carbonyl (C=O) groups is 1. The van der Waals surface area contributed by atoms with E-state index in [-0.39, 0.29) is 23.4 Å². The summed E-state index contributed by atoms with van der Waals surface area (Å²) in [4.78, 5) is 21.5. The molecule has 6 nitrogen and oxygen atoms in total. The van der Waals surface area contributed by atoms with Crippen molar-refractivity contribution in [2.45, 2.75) is 66.5 Å². The first-order chi connectivity index (χ1) is 19.0. The maximum Gasteiger partial charge on any atom is 0.307 e. The van der Waals surface area contributed by atoms with Crippen LogP contribution in [-0.4, -0.2) is 47.7 Å². The summed E-state index contributed by atoms with van der Waals surface area (Å²) in [5, 5.41) is 9.78. The number of carboxylic acid groups (broad SMARTS) is 1. The number of methoxy groups -OCH3 is 1. The van der Waals surface area contributed by atoms with E-state index in [2.05, 4.69) is 41.8 Å². The number of anilines is 1. The third-order valence-electron chi connectivity index (χ3n) is 8.63. The second-order valence-corrected chi connectivity index (χ2v) is 12.1. The first kappa shape index (κ1) is 28.1. The predicted octanol–water partition coefficient (Wildman–Crippen LogP) is 6.32. The maximum atomic E-state index is 14.2. The number of pyridine rings is 1. The predicted molar refractivity (Wildman–Crippen MR) is 156 cm³/mol. The summed E-state index contributed by atoms with van der Waals surface area (Å²) in [6.45, 7) is 12.8. The fraction of sp³-hybridized carbons (Fsp3) is 0.455. The number of aliphatic carboxylic acids is 1. The molecule has 1 saturated heterocycles. The normalized spacial score (nSPS) is 17.0. The SMILES string of the molecule is COc1ccc(CN2CCc3cc(-c4c(C)nc(C)c(CC(=O)O)c4N4CCC(C)(C)CC4)ccc3C2)cc1F. The van der Waals surface area contributed by atoms with Crippen molar-refractivity contribution < 1.29 is 19.0 Å². The van der Waals surface area contributed by atoms with Gasteiger partial charge in [-0.05, 0) is 72.9 Å². The maximum absolute atomic E-state index is 14.2. The van der Waals surface area contributed by atoms with E-state index in [9.17, 15) is 14.3 Å². The second-order valence-electron chi connectivity index (χ2n) is 12.1. The van der Waals surface area contributed by atoms with Crippen molar-refractivity contribution in [1.29, 1.82) is 0 Å². The molecule has 0 spiro atoms. The molecule has 0 unspecified atom stereocenters. The van der Waals surface area contributed by atoms with Gasteiger partial charge in [0.05, 0.1) is 19.2 Å².